The van der Waals surface area contributed by atoms with Gasteiger partial charge in [-0.15, -0.1) is 60.8 Å². The van der Waals surface area contributed by atoms with Crippen LogP contribution in [0, 0.1) is 12.2 Å². The van der Waals surface area contributed by atoms with Crippen molar-refractivity contribution >= 4 is 48.0 Å². The van der Waals surface area contributed by atoms with Crippen molar-refractivity contribution in [2.24, 2.45) is 0 Å². The summed E-state index contributed by atoms with van der Waals surface area (Å²) in [5.41, 5.74) is 0. The van der Waals surface area contributed by atoms with Crippen LogP contribution in [-0.4, -0.2) is 0 Å². The Morgan fingerprint density at radius 1 is 0.769 bits per heavy atom. The molecule has 13 heavy (non-hydrogen) atoms. The van der Waals surface area contributed by atoms with Crippen LogP contribution in [0.4, 0.5) is 0 Å². The van der Waals surface area contributed by atoms with Crippen molar-refractivity contribution in [3.63, 3.8) is 0 Å². The summed E-state index contributed by atoms with van der Waals surface area (Å²) in [7, 11) is 0. The van der Waals surface area contributed by atoms with Crippen LogP contribution in [0.1, 0.15) is 12.8 Å². The summed E-state index contributed by atoms with van der Waals surface area (Å²) in [6, 6.07) is 0. The number of hydrogen-bond acceptors (Lipinski definition) is 0. The van der Waals surface area contributed by atoms with Gasteiger partial charge in [-0.2, -0.15) is 12.2 Å². The van der Waals surface area contributed by atoms with E-state index in [9.17, 15) is 0 Å². The predicted molar refractivity (Wildman–Crippen MR) is 74.0 cm³/mol. The Morgan fingerprint density at radius 3 is 1.23 bits per heavy atom. The summed E-state index contributed by atoms with van der Waals surface area (Å²) in [5.74, 6) is 0. The maximum Gasteiger partial charge on any atom is 2.00 e. The summed E-state index contributed by atoms with van der Waals surface area (Å²) >= 11 is 0. The van der Waals surface area contributed by atoms with E-state index in [1.165, 1.54) is 0 Å². The number of halogens is 2. The molecule has 0 aromatic carbocycles. The molecular weight excluding hydrogens is 422 g/mol. The van der Waals surface area contributed by atoms with Gasteiger partial charge in [-0.25, -0.2) is 24.3 Å². The third-order valence-electron chi connectivity index (χ3n) is 1.17. The van der Waals surface area contributed by atoms with Gasteiger partial charge >= 0.3 is 21.7 Å². The zero-order valence-electron chi connectivity index (χ0n) is 7.19. The van der Waals surface area contributed by atoms with Crippen molar-refractivity contribution in [1.29, 1.82) is 0 Å². The summed E-state index contributed by atoms with van der Waals surface area (Å²) in [5, 5.41) is 0. The van der Waals surface area contributed by atoms with Gasteiger partial charge in [0.15, 0.2) is 0 Å². The second-order valence-electron chi connectivity index (χ2n) is 2.01. The third kappa shape index (κ3) is 13.1. The van der Waals surface area contributed by atoms with E-state index in [2.05, 4.69) is 24.3 Å². The number of hydrogen-bond donors (Lipinski definition) is 0. The van der Waals surface area contributed by atoms with E-state index in [0.717, 1.165) is 12.8 Å². The third-order valence-corrected chi connectivity index (χ3v) is 1.17. The second-order valence-corrected chi connectivity index (χ2v) is 2.01. The van der Waals surface area contributed by atoms with E-state index in [1.54, 1.807) is 0 Å². The van der Waals surface area contributed by atoms with E-state index in [0.29, 0.717) is 0 Å². The molecule has 0 aromatic rings. The summed E-state index contributed by atoms with van der Waals surface area (Å²) in [4.78, 5) is 0. The van der Waals surface area contributed by atoms with E-state index >= 15 is 0 Å². The average Bonchev–Trinajstić information content (AvgIpc) is 2.67. The molecule has 2 aliphatic carbocycles. The molecule has 70 valence electrons. The van der Waals surface area contributed by atoms with Crippen LogP contribution in [0.3, 0.4) is 0 Å². The van der Waals surface area contributed by atoms with Gasteiger partial charge in [-0.05, 0) is 0 Å². The van der Waals surface area contributed by atoms with Gasteiger partial charge in [0, 0.05) is 0 Å². The standard InChI is InChI=1S/2C5H5.2HI.Ti/c2*1-2-4-5-3-1;;;/h2*1-3H,4H2;2*1H;/q2*-1;;;+2. The molecule has 0 atom stereocenters. The Bertz CT molecular complexity index is 151. The smallest absolute Gasteiger partial charge is 0.273 e. The fourth-order valence-corrected chi connectivity index (χ4v) is 0.680. The van der Waals surface area contributed by atoms with Gasteiger partial charge in [0.25, 0.3) is 0 Å². The van der Waals surface area contributed by atoms with Gasteiger partial charge in [0.1, 0.15) is 0 Å². The number of rotatable bonds is 0. The molecule has 0 N–H and O–H groups in total. The van der Waals surface area contributed by atoms with E-state index in [4.69, 9.17) is 0 Å². The minimum atomic E-state index is 0. The van der Waals surface area contributed by atoms with Crippen molar-refractivity contribution in [3.8, 4) is 0 Å². The zero-order valence-corrected chi connectivity index (χ0v) is 13.4. The van der Waals surface area contributed by atoms with Gasteiger partial charge < -0.3 is 0 Å². The molecule has 0 aliphatic heterocycles. The molecule has 2 rings (SSSR count). The Morgan fingerprint density at radius 2 is 1.15 bits per heavy atom. The summed E-state index contributed by atoms with van der Waals surface area (Å²) < 4.78 is 0. The summed E-state index contributed by atoms with van der Waals surface area (Å²) in [6.07, 6.45) is 20.0. The van der Waals surface area contributed by atoms with Gasteiger partial charge in [-0.3, -0.25) is 12.2 Å². The maximum absolute atomic E-state index is 2.99. The molecule has 0 fully saturated rings. The second kappa shape index (κ2) is 15.6. The Kier molecular flexibility index (Phi) is 23.6. The van der Waals surface area contributed by atoms with Crippen LogP contribution >= 0.6 is 48.0 Å². The van der Waals surface area contributed by atoms with Crippen molar-refractivity contribution in [3.05, 3.63) is 48.6 Å². The molecule has 2 aliphatic rings. The largest absolute Gasteiger partial charge is 2.00 e. The monoisotopic (exact) mass is 434 g/mol. The first-order chi connectivity index (χ1) is 5.00. The fourth-order valence-electron chi connectivity index (χ4n) is 0.680. The minimum absolute atomic E-state index is 0. The molecule has 0 aromatic heterocycles. The van der Waals surface area contributed by atoms with Crippen molar-refractivity contribution in [2.75, 3.05) is 0 Å². The van der Waals surface area contributed by atoms with Crippen molar-refractivity contribution in [2.45, 2.75) is 12.8 Å². The average molecular weight is 434 g/mol. The van der Waals surface area contributed by atoms with Gasteiger partial charge in [0.05, 0.1) is 0 Å². The molecule has 0 unspecified atom stereocenters. The first-order valence-electron chi connectivity index (χ1n) is 3.43. The van der Waals surface area contributed by atoms with Gasteiger partial charge in [-0.1, -0.05) is 0 Å². The van der Waals surface area contributed by atoms with E-state index < -0.39 is 0 Å². The van der Waals surface area contributed by atoms with Crippen molar-refractivity contribution < 1.29 is 21.7 Å². The number of allylic oxidation sites excluding steroid dienone is 8. The maximum atomic E-state index is 2.99. The molecule has 0 saturated carbocycles. The first kappa shape index (κ1) is 19.7. The quantitative estimate of drug-likeness (QED) is 0.309. The first-order valence-corrected chi connectivity index (χ1v) is 3.43. The molecule has 0 amide bonds. The minimum Gasteiger partial charge on any atom is -0.273 e. The SMILES string of the molecule is I.I.[C-]1=CC=CC1.[C-]1=CC=CC1.[Ti+2]. The molecule has 0 nitrogen and oxygen atoms in total. The molecule has 0 spiro atoms. The molecule has 3 heteroatoms. The Balaban J connectivity index is -0.000000125. The fraction of sp³-hybridized carbons (Fsp3) is 0.200. The molecule has 0 heterocycles. The molecule has 0 saturated heterocycles. The van der Waals surface area contributed by atoms with Crippen LogP contribution < -0.4 is 0 Å². The zero-order chi connectivity index (χ0) is 7.07. The topological polar surface area (TPSA) is 0 Å². The van der Waals surface area contributed by atoms with Crippen LogP contribution in [-0.2, 0) is 21.7 Å². The Hall–Kier alpha value is 1.13. The van der Waals surface area contributed by atoms with Crippen molar-refractivity contribution in [1.82, 2.24) is 0 Å². The Labute approximate surface area is 130 Å². The van der Waals surface area contributed by atoms with Crippen LogP contribution in [0.15, 0.2) is 36.5 Å². The molecule has 0 radical (unpaired) electrons. The van der Waals surface area contributed by atoms with Crippen LogP contribution in [0.2, 0.25) is 0 Å². The van der Waals surface area contributed by atoms with Crippen LogP contribution in [0.25, 0.3) is 0 Å². The van der Waals surface area contributed by atoms with Gasteiger partial charge in [0.2, 0.25) is 0 Å². The van der Waals surface area contributed by atoms with E-state index in [-0.39, 0.29) is 69.7 Å². The predicted octanol–water partition coefficient (Wildman–Crippen LogP) is 3.84. The normalized spacial score (nSPS) is 13.5. The molecular formula is C10H12I2Ti. The van der Waals surface area contributed by atoms with E-state index in [1.807, 2.05) is 24.3 Å². The molecule has 0 bridgehead atoms. The summed E-state index contributed by atoms with van der Waals surface area (Å²) in [6.45, 7) is 0. The van der Waals surface area contributed by atoms with Crippen LogP contribution in [0.5, 0.6) is 0 Å².